The minimum absolute atomic E-state index is 0.405. The number of benzene rings is 1. The molecule has 0 fully saturated rings. The number of carbonyl (C=O) groups excluding carboxylic acids is 1. The Morgan fingerprint density at radius 3 is 2.72 bits per heavy atom. The molecule has 0 atom stereocenters. The van der Waals surface area contributed by atoms with Gasteiger partial charge in [0.15, 0.2) is 0 Å². The van der Waals surface area contributed by atoms with Crippen LogP contribution < -0.4 is 16.8 Å². The van der Waals surface area contributed by atoms with Crippen LogP contribution in [0.2, 0.25) is 0 Å². The Hall–Kier alpha value is -2.01. The van der Waals surface area contributed by atoms with Crippen LogP contribution in [0.15, 0.2) is 30.3 Å². The number of hydrogen-bond donors (Lipinski definition) is 3. The van der Waals surface area contributed by atoms with Gasteiger partial charge in [-0.1, -0.05) is 24.3 Å². The summed E-state index contributed by atoms with van der Waals surface area (Å²) in [5.74, 6) is -0.485. The van der Waals surface area contributed by atoms with E-state index in [0.717, 1.165) is 5.00 Å². The molecule has 2 rings (SSSR count). The second-order valence-electron chi connectivity index (χ2n) is 4.04. The molecular weight excluding hydrogens is 246 g/mol. The summed E-state index contributed by atoms with van der Waals surface area (Å²) in [4.78, 5) is 11.5. The number of rotatable bonds is 4. The Morgan fingerprint density at radius 1 is 1.39 bits per heavy atom. The fraction of sp³-hybridized carbons (Fsp3) is 0.154. The Balaban J connectivity index is 2.09. The third kappa shape index (κ3) is 2.62. The highest BCUT2D eigenvalue weighted by Gasteiger charge is 2.11. The van der Waals surface area contributed by atoms with E-state index in [1.807, 2.05) is 12.1 Å². The van der Waals surface area contributed by atoms with E-state index in [1.54, 1.807) is 6.07 Å². The molecule has 1 aromatic heterocycles. The highest BCUT2D eigenvalue weighted by Crippen LogP contribution is 2.29. The first-order valence-corrected chi connectivity index (χ1v) is 6.37. The number of carbonyl (C=O) groups is 1. The number of aryl methyl sites for hydroxylation is 1. The van der Waals surface area contributed by atoms with Gasteiger partial charge in [-0.2, -0.15) is 0 Å². The zero-order valence-electron chi connectivity index (χ0n) is 10.1. The van der Waals surface area contributed by atoms with Gasteiger partial charge in [0.25, 0.3) is 5.91 Å². The monoisotopic (exact) mass is 261 g/mol. The van der Waals surface area contributed by atoms with E-state index in [2.05, 4.69) is 24.4 Å². The molecule has 18 heavy (non-hydrogen) atoms. The van der Waals surface area contributed by atoms with Crippen molar-refractivity contribution in [2.75, 3.05) is 11.1 Å². The molecule has 2 aromatic rings. The Kier molecular flexibility index (Phi) is 3.53. The molecule has 0 aliphatic carbocycles. The summed E-state index contributed by atoms with van der Waals surface area (Å²) < 4.78 is 0. The van der Waals surface area contributed by atoms with Gasteiger partial charge in [-0.05, 0) is 24.1 Å². The largest absolute Gasteiger partial charge is 0.397 e. The van der Waals surface area contributed by atoms with E-state index in [9.17, 15) is 4.79 Å². The van der Waals surface area contributed by atoms with Crippen LogP contribution in [0.5, 0.6) is 0 Å². The van der Waals surface area contributed by atoms with Crippen molar-refractivity contribution in [2.24, 2.45) is 5.73 Å². The van der Waals surface area contributed by atoms with Crippen molar-refractivity contribution in [3.05, 3.63) is 46.3 Å². The molecule has 1 amide bonds. The molecule has 94 valence electrons. The van der Waals surface area contributed by atoms with Crippen LogP contribution in [0.3, 0.4) is 0 Å². The average Bonchev–Trinajstić information content (AvgIpc) is 2.70. The van der Waals surface area contributed by atoms with Gasteiger partial charge < -0.3 is 16.8 Å². The van der Waals surface area contributed by atoms with Gasteiger partial charge in [0, 0.05) is 6.54 Å². The molecule has 0 spiro atoms. The van der Waals surface area contributed by atoms with Gasteiger partial charge in [-0.25, -0.2) is 0 Å². The summed E-state index contributed by atoms with van der Waals surface area (Å²) in [6.45, 7) is 2.76. The first kappa shape index (κ1) is 12.4. The maximum absolute atomic E-state index is 11.1. The molecule has 5 heteroatoms. The summed E-state index contributed by atoms with van der Waals surface area (Å²) in [6, 6.07) is 9.88. The topological polar surface area (TPSA) is 81.1 Å². The van der Waals surface area contributed by atoms with Crippen molar-refractivity contribution in [1.29, 1.82) is 0 Å². The third-order valence-corrected chi connectivity index (χ3v) is 3.82. The lowest BCUT2D eigenvalue weighted by atomic mass is 10.1. The molecule has 0 bridgehead atoms. The molecule has 0 radical (unpaired) electrons. The van der Waals surface area contributed by atoms with Gasteiger partial charge in [-0.15, -0.1) is 11.3 Å². The summed E-state index contributed by atoms with van der Waals surface area (Å²) in [5.41, 5.74) is 13.8. The normalized spacial score (nSPS) is 10.3. The lowest BCUT2D eigenvalue weighted by molar-refractivity contribution is 0.100. The molecule has 0 unspecified atom stereocenters. The van der Waals surface area contributed by atoms with E-state index >= 15 is 0 Å². The third-order valence-electron chi connectivity index (χ3n) is 2.70. The fourth-order valence-electron chi connectivity index (χ4n) is 1.68. The SMILES string of the molecule is Cc1ccccc1CNc1cc(N)c(C(N)=O)s1. The standard InChI is InChI=1S/C13H15N3OS/c1-8-4-2-3-5-9(8)7-16-11-6-10(14)12(18-11)13(15)17/h2-6,16H,7,14H2,1H3,(H2,15,17). The van der Waals surface area contributed by atoms with Crippen molar-refractivity contribution in [1.82, 2.24) is 0 Å². The number of hydrogen-bond acceptors (Lipinski definition) is 4. The highest BCUT2D eigenvalue weighted by molar-refractivity contribution is 7.18. The van der Waals surface area contributed by atoms with Crippen LogP contribution in [0.1, 0.15) is 20.8 Å². The van der Waals surface area contributed by atoms with Crippen molar-refractivity contribution in [3.63, 3.8) is 0 Å². The second kappa shape index (κ2) is 5.10. The molecule has 0 aliphatic rings. The quantitative estimate of drug-likeness (QED) is 0.790. The summed E-state index contributed by atoms with van der Waals surface area (Å²) in [7, 11) is 0. The number of primary amides is 1. The van der Waals surface area contributed by atoms with Crippen molar-refractivity contribution in [2.45, 2.75) is 13.5 Å². The summed E-state index contributed by atoms with van der Waals surface area (Å²) in [5, 5.41) is 4.10. The van der Waals surface area contributed by atoms with Crippen LogP contribution in [-0.2, 0) is 6.54 Å². The first-order valence-electron chi connectivity index (χ1n) is 5.55. The lowest BCUT2D eigenvalue weighted by Gasteiger charge is -2.06. The van der Waals surface area contributed by atoms with E-state index < -0.39 is 5.91 Å². The Bertz CT molecular complexity index is 577. The van der Waals surface area contributed by atoms with Crippen LogP contribution >= 0.6 is 11.3 Å². The molecule has 0 saturated heterocycles. The number of thiophene rings is 1. The number of nitrogen functional groups attached to an aromatic ring is 1. The van der Waals surface area contributed by atoms with Gasteiger partial charge in [0.05, 0.1) is 10.7 Å². The zero-order chi connectivity index (χ0) is 13.1. The van der Waals surface area contributed by atoms with Crippen LogP contribution in [0, 0.1) is 6.92 Å². The van der Waals surface area contributed by atoms with Crippen LogP contribution in [0.4, 0.5) is 10.7 Å². The van der Waals surface area contributed by atoms with Crippen molar-refractivity contribution < 1.29 is 4.79 Å². The predicted molar refractivity (Wildman–Crippen MR) is 75.8 cm³/mol. The number of nitrogens with one attached hydrogen (secondary N) is 1. The minimum atomic E-state index is -0.485. The van der Waals surface area contributed by atoms with Crippen molar-refractivity contribution >= 4 is 27.9 Å². The fourth-order valence-corrected chi connectivity index (χ4v) is 2.50. The van der Waals surface area contributed by atoms with Crippen LogP contribution in [-0.4, -0.2) is 5.91 Å². The smallest absolute Gasteiger partial charge is 0.260 e. The number of anilines is 2. The van der Waals surface area contributed by atoms with Gasteiger partial charge >= 0.3 is 0 Å². The van der Waals surface area contributed by atoms with E-state index in [0.29, 0.717) is 17.1 Å². The van der Waals surface area contributed by atoms with Crippen LogP contribution in [0.25, 0.3) is 0 Å². The van der Waals surface area contributed by atoms with Gasteiger partial charge in [0.1, 0.15) is 4.88 Å². The van der Waals surface area contributed by atoms with E-state index in [1.165, 1.54) is 22.5 Å². The molecule has 4 nitrogen and oxygen atoms in total. The second-order valence-corrected chi connectivity index (χ2v) is 5.09. The zero-order valence-corrected chi connectivity index (χ0v) is 10.9. The minimum Gasteiger partial charge on any atom is -0.397 e. The van der Waals surface area contributed by atoms with E-state index in [4.69, 9.17) is 11.5 Å². The van der Waals surface area contributed by atoms with E-state index in [-0.39, 0.29) is 0 Å². The number of amides is 1. The van der Waals surface area contributed by atoms with Crippen molar-refractivity contribution in [3.8, 4) is 0 Å². The Morgan fingerprint density at radius 2 is 2.11 bits per heavy atom. The maximum atomic E-state index is 11.1. The summed E-state index contributed by atoms with van der Waals surface area (Å²) >= 11 is 1.28. The maximum Gasteiger partial charge on any atom is 0.260 e. The number of nitrogens with two attached hydrogens (primary N) is 2. The Labute approximate surface area is 110 Å². The lowest BCUT2D eigenvalue weighted by Crippen LogP contribution is -2.10. The van der Waals surface area contributed by atoms with Gasteiger partial charge in [-0.3, -0.25) is 4.79 Å². The molecule has 0 saturated carbocycles. The van der Waals surface area contributed by atoms with Gasteiger partial charge in [0.2, 0.25) is 0 Å². The molecule has 5 N–H and O–H groups in total. The molecular formula is C13H15N3OS. The highest BCUT2D eigenvalue weighted by atomic mass is 32.1. The molecule has 0 aliphatic heterocycles. The average molecular weight is 261 g/mol. The molecule has 1 heterocycles. The predicted octanol–water partition coefficient (Wildman–Crippen LogP) is 2.35. The molecule has 1 aromatic carbocycles. The first-order chi connectivity index (χ1) is 8.58. The summed E-state index contributed by atoms with van der Waals surface area (Å²) in [6.07, 6.45) is 0.